The first kappa shape index (κ1) is 15.8. The molecule has 0 amide bonds. The summed E-state index contributed by atoms with van der Waals surface area (Å²) in [4.78, 5) is 21.9. The van der Waals surface area contributed by atoms with Crippen molar-refractivity contribution in [2.24, 2.45) is 0 Å². The van der Waals surface area contributed by atoms with Gasteiger partial charge < -0.3 is 14.6 Å². The molecule has 0 spiro atoms. The number of carbonyl (C=O) groups is 2. The average molecular weight is 278 g/mol. The van der Waals surface area contributed by atoms with Crippen LogP contribution in [0.3, 0.4) is 0 Å². The summed E-state index contributed by atoms with van der Waals surface area (Å²) in [7, 11) is 1.49. The summed E-state index contributed by atoms with van der Waals surface area (Å²) in [6.45, 7) is 3.66. The molecule has 1 aromatic carbocycles. The van der Waals surface area contributed by atoms with Crippen molar-refractivity contribution in [3.05, 3.63) is 36.4 Å². The fourth-order valence-electron chi connectivity index (χ4n) is 1.65. The zero-order valence-corrected chi connectivity index (χ0v) is 11.4. The number of rotatable bonds is 8. The van der Waals surface area contributed by atoms with Gasteiger partial charge in [0.1, 0.15) is 0 Å². The Morgan fingerprint density at radius 3 is 2.65 bits per heavy atom. The van der Waals surface area contributed by atoms with E-state index in [0.29, 0.717) is 17.9 Å². The van der Waals surface area contributed by atoms with Crippen LogP contribution in [0, 0.1) is 0 Å². The number of esters is 1. The van der Waals surface area contributed by atoms with Crippen LogP contribution in [0.15, 0.2) is 30.9 Å². The van der Waals surface area contributed by atoms with Crippen molar-refractivity contribution in [3.63, 3.8) is 0 Å². The molecule has 5 nitrogen and oxygen atoms in total. The molecule has 0 aliphatic rings. The van der Waals surface area contributed by atoms with Crippen molar-refractivity contribution in [3.8, 4) is 11.5 Å². The lowest BCUT2D eigenvalue weighted by atomic mass is 10.1. The predicted octanol–water partition coefficient (Wildman–Crippen LogP) is 2.58. The highest BCUT2D eigenvalue weighted by molar-refractivity contribution is 5.74. The summed E-state index contributed by atoms with van der Waals surface area (Å²) in [5.41, 5.74) is 1.00. The topological polar surface area (TPSA) is 72.8 Å². The maximum atomic E-state index is 11.6. The molecule has 0 aliphatic carbocycles. The zero-order chi connectivity index (χ0) is 15.0. The predicted molar refractivity (Wildman–Crippen MR) is 74.0 cm³/mol. The molecule has 20 heavy (non-hydrogen) atoms. The zero-order valence-electron chi connectivity index (χ0n) is 11.4. The number of allylic oxidation sites excluding steroid dienone is 1. The molecule has 0 aliphatic heterocycles. The SMILES string of the molecule is C=CCc1ccc(OC(=O)CCCC(=O)O)c(OC)c1. The van der Waals surface area contributed by atoms with E-state index in [1.54, 1.807) is 18.2 Å². The van der Waals surface area contributed by atoms with Crippen molar-refractivity contribution < 1.29 is 24.2 Å². The quantitative estimate of drug-likeness (QED) is 0.449. The summed E-state index contributed by atoms with van der Waals surface area (Å²) >= 11 is 0. The van der Waals surface area contributed by atoms with Gasteiger partial charge >= 0.3 is 11.9 Å². The number of hydrogen-bond donors (Lipinski definition) is 1. The van der Waals surface area contributed by atoms with Gasteiger partial charge in [-0.1, -0.05) is 12.1 Å². The Hall–Kier alpha value is -2.30. The molecule has 1 rings (SSSR count). The maximum absolute atomic E-state index is 11.6. The van der Waals surface area contributed by atoms with E-state index in [1.165, 1.54) is 7.11 Å². The molecule has 108 valence electrons. The smallest absolute Gasteiger partial charge is 0.311 e. The van der Waals surface area contributed by atoms with Gasteiger partial charge in [0.2, 0.25) is 0 Å². The Kier molecular flexibility index (Phi) is 6.29. The first-order valence-electron chi connectivity index (χ1n) is 6.27. The molecule has 0 bridgehead atoms. The largest absolute Gasteiger partial charge is 0.493 e. The van der Waals surface area contributed by atoms with Gasteiger partial charge in [0.05, 0.1) is 7.11 Å². The maximum Gasteiger partial charge on any atom is 0.311 e. The van der Waals surface area contributed by atoms with Gasteiger partial charge in [-0.3, -0.25) is 9.59 Å². The van der Waals surface area contributed by atoms with E-state index >= 15 is 0 Å². The fourth-order valence-corrected chi connectivity index (χ4v) is 1.65. The fraction of sp³-hybridized carbons (Fsp3) is 0.333. The van der Waals surface area contributed by atoms with Crippen LogP contribution in [0.25, 0.3) is 0 Å². The molecular formula is C15H18O5. The van der Waals surface area contributed by atoms with E-state index in [1.807, 2.05) is 6.07 Å². The van der Waals surface area contributed by atoms with E-state index in [4.69, 9.17) is 14.6 Å². The van der Waals surface area contributed by atoms with Gasteiger partial charge in [0, 0.05) is 12.8 Å². The average Bonchev–Trinajstić information content (AvgIpc) is 2.40. The monoisotopic (exact) mass is 278 g/mol. The number of carboxylic acids is 1. The second-order valence-corrected chi connectivity index (χ2v) is 4.20. The molecule has 0 radical (unpaired) electrons. The highest BCUT2D eigenvalue weighted by Crippen LogP contribution is 2.28. The molecule has 0 aromatic heterocycles. The Labute approximate surface area is 117 Å². The van der Waals surface area contributed by atoms with Crippen LogP contribution >= 0.6 is 0 Å². The van der Waals surface area contributed by atoms with Crippen LogP contribution < -0.4 is 9.47 Å². The van der Waals surface area contributed by atoms with Crippen LogP contribution in [0.4, 0.5) is 0 Å². The van der Waals surface area contributed by atoms with Crippen LogP contribution in [-0.4, -0.2) is 24.2 Å². The highest BCUT2D eigenvalue weighted by atomic mass is 16.6. The van der Waals surface area contributed by atoms with Crippen molar-refractivity contribution >= 4 is 11.9 Å². The van der Waals surface area contributed by atoms with Crippen molar-refractivity contribution in [1.29, 1.82) is 0 Å². The lowest BCUT2D eigenvalue weighted by Gasteiger charge is -2.10. The van der Waals surface area contributed by atoms with Crippen molar-refractivity contribution in [2.75, 3.05) is 7.11 Å². The van der Waals surface area contributed by atoms with Gasteiger partial charge in [0.15, 0.2) is 11.5 Å². The van der Waals surface area contributed by atoms with Gasteiger partial charge in [-0.25, -0.2) is 0 Å². The van der Waals surface area contributed by atoms with Gasteiger partial charge in [0.25, 0.3) is 0 Å². The van der Waals surface area contributed by atoms with Crippen LogP contribution in [0.2, 0.25) is 0 Å². The second kappa shape index (κ2) is 7.99. The van der Waals surface area contributed by atoms with E-state index in [-0.39, 0.29) is 19.3 Å². The molecule has 5 heteroatoms. The minimum absolute atomic E-state index is 0.0511. The summed E-state index contributed by atoms with van der Waals surface area (Å²) in [5.74, 6) is -0.596. The number of carbonyl (C=O) groups excluding carboxylic acids is 1. The molecule has 0 saturated heterocycles. The number of methoxy groups -OCH3 is 1. The third kappa shape index (κ3) is 5.14. The summed E-state index contributed by atoms with van der Waals surface area (Å²) in [5, 5.41) is 8.50. The normalized spacial score (nSPS) is 9.85. The minimum Gasteiger partial charge on any atom is -0.493 e. The van der Waals surface area contributed by atoms with Crippen LogP contribution in [-0.2, 0) is 16.0 Å². The van der Waals surface area contributed by atoms with E-state index in [0.717, 1.165) is 5.56 Å². The Balaban J connectivity index is 2.64. The standard InChI is InChI=1S/C15H18O5/c1-3-5-11-8-9-12(13(10-11)19-2)20-15(18)7-4-6-14(16)17/h3,8-10H,1,4-7H2,2H3,(H,16,17). The number of ether oxygens (including phenoxy) is 2. The van der Waals surface area contributed by atoms with Gasteiger partial charge in [-0.05, 0) is 30.5 Å². The third-order valence-electron chi connectivity index (χ3n) is 2.60. The number of hydrogen-bond acceptors (Lipinski definition) is 4. The highest BCUT2D eigenvalue weighted by Gasteiger charge is 2.11. The van der Waals surface area contributed by atoms with Crippen molar-refractivity contribution in [1.82, 2.24) is 0 Å². The lowest BCUT2D eigenvalue weighted by molar-refractivity contribution is -0.137. The van der Waals surface area contributed by atoms with Crippen LogP contribution in [0.1, 0.15) is 24.8 Å². The first-order valence-corrected chi connectivity index (χ1v) is 6.27. The lowest BCUT2D eigenvalue weighted by Crippen LogP contribution is -2.09. The van der Waals surface area contributed by atoms with Crippen molar-refractivity contribution in [2.45, 2.75) is 25.7 Å². The number of carboxylic acid groups (broad SMARTS) is 1. The molecule has 1 N–H and O–H groups in total. The molecule has 0 heterocycles. The molecular weight excluding hydrogens is 260 g/mol. The van der Waals surface area contributed by atoms with Crippen LogP contribution in [0.5, 0.6) is 11.5 Å². The summed E-state index contributed by atoms with van der Waals surface area (Å²) in [6.07, 6.45) is 2.73. The third-order valence-corrected chi connectivity index (χ3v) is 2.60. The number of benzene rings is 1. The van der Waals surface area contributed by atoms with E-state index in [9.17, 15) is 9.59 Å². The Morgan fingerprint density at radius 1 is 1.30 bits per heavy atom. The first-order chi connectivity index (χ1) is 9.56. The van der Waals surface area contributed by atoms with Gasteiger partial charge in [-0.15, -0.1) is 6.58 Å². The molecule has 0 unspecified atom stereocenters. The molecule has 0 fully saturated rings. The Bertz CT molecular complexity index is 493. The summed E-state index contributed by atoms with van der Waals surface area (Å²) < 4.78 is 10.3. The van der Waals surface area contributed by atoms with Gasteiger partial charge in [-0.2, -0.15) is 0 Å². The molecule has 0 atom stereocenters. The Morgan fingerprint density at radius 2 is 2.05 bits per heavy atom. The summed E-state index contributed by atoms with van der Waals surface area (Å²) in [6, 6.07) is 5.26. The minimum atomic E-state index is -0.927. The van der Waals surface area contributed by atoms with E-state index in [2.05, 4.69) is 6.58 Å². The second-order valence-electron chi connectivity index (χ2n) is 4.20. The van der Waals surface area contributed by atoms with E-state index < -0.39 is 11.9 Å². The molecule has 1 aromatic rings. The number of aliphatic carboxylic acids is 1. The molecule has 0 saturated carbocycles.